The number of primary sulfonamides is 1. The Morgan fingerprint density at radius 2 is 1.89 bits per heavy atom. The van der Waals surface area contributed by atoms with Gasteiger partial charge in [0.2, 0.25) is 10.0 Å². The molecule has 7 heteroatoms. The Labute approximate surface area is 121 Å². The number of halogens is 2. The lowest BCUT2D eigenvalue weighted by molar-refractivity contribution is 0.302. The highest BCUT2D eigenvalue weighted by molar-refractivity contribution is 9.10. The highest BCUT2D eigenvalue weighted by Gasteiger charge is 2.03. The number of hydrogen-bond acceptors (Lipinski definition) is 3. The molecule has 0 radical (unpaired) electrons. The Kier molecular flexibility index (Phi) is 6.74. The molecule has 0 heterocycles. The zero-order valence-corrected chi connectivity index (χ0v) is 12.8. The van der Waals surface area contributed by atoms with Crippen molar-refractivity contribution in [3.8, 4) is 5.75 Å². The van der Waals surface area contributed by atoms with Gasteiger partial charge < -0.3 is 4.74 Å². The number of hydrogen-bond donors (Lipinski definition) is 1. The van der Waals surface area contributed by atoms with E-state index in [1.165, 1.54) is 12.1 Å². The summed E-state index contributed by atoms with van der Waals surface area (Å²) in [5.41, 5.74) is 0. The minimum Gasteiger partial charge on any atom is -0.492 e. The van der Waals surface area contributed by atoms with Crippen LogP contribution in [0.2, 0.25) is 0 Å². The molecule has 1 aromatic carbocycles. The Balaban J connectivity index is 2.16. The predicted octanol–water partition coefficient (Wildman–Crippen LogP) is 2.82. The lowest BCUT2D eigenvalue weighted by Crippen LogP contribution is -2.16. The van der Waals surface area contributed by atoms with Crippen molar-refractivity contribution in [2.45, 2.75) is 25.7 Å². The van der Waals surface area contributed by atoms with E-state index in [4.69, 9.17) is 9.88 Å². The van der Waals surface area contributed by atoms with E-state index in [1.54, 1.807) is 6.07 Å². The summed E-state index contributed by atoms with van der Waals surface area (Å²) in [6, 6.07) is 4.27. The zero-order valence-electron chi connectivity index (χ0n) is 10.4. The molecule has 0 unspecified atom stereocenters. The van der Waals surface area contributed by atoms with E-state index in [9.17, 15) is 12.8 Å². The SMILES string of the molecule is NS(=O)(=O)CCCCCCOc1cc(F)ccc1Br. The molecule has 0 fully saturated rings. The molecule has 0 aliphatic heterocycles. The lowest BCUT2D eigenvalue weighted by Gasteiger charge is -2.08. The van der Waals surface area contributed by atoms with Crippen molar-refractivity contribution < 1.29 is 17.5 Å². The summed E-state index contributed by atoms with van der Waals surface area (Å²) in [7, 11) is -3.35. The van der Waals surface area contributed by atoms with Crippen molar-refractivity contribution in [2.75, 3.05) is 12.4 Å². The third-order valence-corrected chi connectivity index (χ3v) is 3.99. The van der Waals surface area contributed by atoms with Crippen molar-refractivity contribution in [1.82, 2.24) is 0 Å². The van der Waals surface area contributed by atoms with Crippen LogP contribution in [-0.4, -0.2) is 20.8 Å². The first-order valence-corrected chi connectivity index (χ1v) is 8.47. The van der Waals surface area contributed by atoms with Crippen molar-refractivity contribution >= 4 is 26.0 Å². The van der Waals surface area contributed by atoms with E-state index in [0.29, 0.717) is 23.2 Å². The van der Waals surface area contributed by atoms with Gasteiger partial charge >= 0.3 is 0 Å². The minimum absolute atomic E-state index is 0.0172. The van der Waals surface area contributed by atoms with E-state index in [2.05, 4.69) is 15.9 Å². The second kappa shape index (κ2) is 7.81. The van der Waals surface area contributed by atoms with Crippen LogP contribution in [0.1, 0.15) is 25.7 Å². The normalized spacial score (nSPS) is 11.5. The third kappa shape index (κ3) is 7.49. The smallest absolute Gasteiger partial charge is 0.209 e. The van der Waals surface area contributed by atoms with E-state index >= 15 is 0 Å². The van der Waals surface area contributed by atoms with E-state index in [-0.39, 0.29) is 11.6 Å². The van der Waals surface area contributed by atoms with E-state index < -0.39 is 10.0 Å². The summed E-state index contributed by atoms with van der Waals surface area (Å²) in [4.78, 5) is 0. The number of ether oxygens (including phenoxy) is 1. The van der Waals surface area contributed by atoms with Crippen LogP contribution in [0.15, 0.2) is 22.7 Å². The van der Waals surface area contributed by atoms with Crippen LogP contribution in [0.5, 0.6) is 5.75 Å². The molecule has 0 amide bonds. The molecule has 0 saturated heterocycles. The predicted molar refractivity (Wildman–Crippen MR) is 76.0 cm³/mol. The Hall–Kier alpha value is -0.660. The molecule has 1 aromatic rings. The van der Waals surface area contributed by atoms with Crippen LogP contribution in [0.25, 0.3) is 0 Å². The fourth-order valence-corrected chi connectivity index (χ4v) is 2.50. The molecule has 2 N–H and O–H groups in total. The number of nitrogens with two attached hydrogens (primary N) is 1. The molecule has 19 heavy (non-hydrogen) atoms. The number of unbranched alkanes of at least 4 members (excludes halogenated alkanes) is 3. The van der Waals surface area contributed by atoms with Gasteiger partial charge in [0, 0.05) is 6.07 Å². The van der Waals surface area contributed by atoms with Gasteiger partial charge in [0.05, 0.1) is 16.8 Å². The van der Waals surface area contributed by atoms with Gasteiger partial charge in [0.1, 0.15) is 11.6 Å². The quantitative estimate of drug-likeness (QED) is 0.730. The van der Waals surface area contributed by atoms with Gasteiger partial charge in [-0.05, 0) is 40.9 Å². The molecule has 0 aromatic heterocycles. The molecule has 0 bridgehead atoms. The van der Waals surface area contributed by atoms with Gasteiger partial charge in [-0.1, -0.05) is 12.8 Å². The first kappa shape index (κ1) is 16.4. The first-order valence-electron chi connectivity index (χ1n) is 5.97. The average Bonchev–Trinajstić information content (AvgIpc) is 2.31. The zero-order chi connectivity index (χ0) is 14.3. The number of sulfonamides is 1. The van der Waals surface area contributed by atoms with E-state index in [1.807, 2.05) is 0 Å². The summed E-state index contributed by atoms with van der Waals surface area (Å²) < 4.78 is 40.5. The number of rotatable bonds is 8. The molecule has 4 nitrogen and oxygen atoms in total. The molecular formula is C12H17BrFNO3S. The highest BCUT2D eigenvalue weighted by Crippen LogP contribution is 2.25. The van der Waals surface area contributed by atoms with Crippen molar-refractivity contribution in [3.63, 3.8) is 0 Å². The molecule has 0 spiro atoms. The van der Waals surface area contributed by atoms with Crippen molar-refractivity contribution in [1.29, 1.82) is 0 Å². The summed E-state index contributed by atoms with van der Waals surface area (Å²) in [5, 5.41) is 4.89. The molecule has 108 valence electrons. The van der Waals surface area contributed by atoms with Gasteiger partial charge in [-0.15, -0.1) is 0 Å². The Bertz CT molecular complexity index is 508. The maximum atomic E-state index is 13.0. The summed E-state index contributed by atoms with van der Waals surface area (Å²) >= 11 is 3.27. The monoisotopic (exact) mass is 353 g/mol. The first-order chi connectivity index (χ1) is 8.88. The molecule has 0 aliphatic rings. The van der Waals surface area contributed by atoms with E-state index in [0.717, 1.165) is 19.3 Å². The third-order valence-electron chi connectivity index (χ3n) is 2.47. The maximum Gasteiger partial charge on any atom is 0.209 e. The fourth-order valence-electron chi connectivity index (χ4n) is 1.53. The van der Waals surface area contributed by atoms with Gasteiger partial charge in [-0.3, -0.25) is 0 Å². The lowest BCUT2D eigenvalue weighted by atomic mass is 10.2. The highest BCUT2D eigenvalue weighted by atomic mass is 79.9. The molecule has 0 aliphatic carbocycles. The largest absolute Gasteiger partial charge is 0.492 e. The fraction of sp³-hybridized carbons (Fsp3) is 0.500. The van der Waals surface area contributed by atoms with Crippen molar-refractivity contribution in [3.05, 3.63) is 28.5 Å². The van der Waals surface area contributed by atoms with Gasteiger partial charge in [0.25, 0.3) is 0 Å². The second-order valence-electron chi connectivity index (χ2n) is 4.20. The van der Waals surface area contributed by atoms with Crippen molar-refractivity contribution in [2.24, 2.45) is 5.14 Å². The average molecular weight is 354 g/mol. The van der Waals surface area contributed by atoms with Gasteiger partial charge in [-0.2, -0.15) is 0 Å². The molecular weight excluding hydrogens is 337 g/mol. The topological polar surface area (TPSA) is 69.4 Å². The van der Waals surface area contributed by atoms with Crippen LogP contribution in [0, 0.1) is 5.82 Å². The molecule has 1 rings (SSSR count). The minimum atomic E-state index is -3.35. The van der Waals surface area contributed by atoms with Crippen LogP contribution < -0.4 is 9.88 Å². The summed E-state index contributed by atoms with van der Waals surface area (Å²) in [6.07, 6.45) is 2.97. The van der Waals surface area contributed by atoms with Gasteiger partial charge in [0.15, 0.2) is 0 Å². The Morgan fingerprint density at radius 3 is 2.58 bits per heavy atom. The summed E-state index contributed by atoms with van der Waals surface area (Å²) in [6.45, 7) is 0.470. The maximum absolute atomic E-state index is 13.0. The standard InChI is InChI=1S/C12H17BrFNO3S/c13-11-6-5-10(14)9-12(11)18-7-3-1-2-4-8-19(15,16)17/h5-6,9H,1-4,7-8H2,(H2,15,16,17). The second-order valence-corrected chi connectivity index (χ2v) is 6.79. The molecule has 0 saturated carbocycles. The van der Waals surface area contributed by atoms with Gasteiger partial charge in [-0.25, -0.2) is 17.9 Å². The Morgan fingerprint density at radius 1 is 1.21 bits per heavy atom. The van der Waals surface area contributed by atoms with Crippen LogP contribution in [0.3, 0.4) is 0 Å². The molecule has 0 atom stereocenters. The van der Waals surface area contributed by atoms with Crippen LogP contribution in [-0.2, 0) is 10.0 Å². The van der Waals surface area contributed by atoms with Crippen LogP contribution in [0.4, 0.5) is 4.39 Å². The van der Waals surface area contributed by atoms with Crippen LogP contribution >= 0.6 is 15.9 Å². The summed E-state index contributed by atoms with van der Waals surface area (Å²) in [5.74, 6) is 0.152. The number of benzene rings is 1.